The van der Waals surface area contributed by atoms with Gasteiger partial charge in [0.05, 0.1) is 12.9 Å². The fourth-order valence-corrected chi connectivity index (χ4v) is 2.69. The molecule has 0 aliphatic carbocycles. The van der Waals surface area contributed by atoms with Gasteiger partial charge in [-0.25, -0.2) is 14.5 Å². The smallest absolute Gasteiger partial charge is 0.510 e. The van der Waals surface area contributed by atoms with E-state index in [4.69, 9.17) is 15.4 Å². The Balaban J connectivity index is 1.89. The highest BCUT2D eigenvalue weighted by Crippen LogP contribution is 2.44. The zero-order valence-corrected chi connectivity index (χ0v) is 12.7. The highest BCUT2D eigenvalue weighted by molar-refractivity contribution is 7.46. The standard InChI is InChI=1S/C10H13FN5O7P/c11-24(20,21)22-1-3-5(17)6(18)9(23-3)16-2-13-4-7(16)14-10(12)15-8(4)19/h2-3,5-6,9,17-18H,1H2,(H,20,21)(H3,12,14,15,19)/p-1/t3-,5-,6-,9-/m1/s1. The third kappa shape index (κ3) is 3.05. The van der Waals surface area contributed by atoms with Gasteiger partial charge in [0.25, 0.3) is 0 Å². The predicted octanol–water partition coefficient (Wildman–Crippen LogP) is -1.81. The maximum absolute atomic E-state index is 12.5. The third-order valence-electron chi connectivity index (χ3n) is 3.42. The third-order valence-corrected chi connectivity index (χ3v) is 3.88. The highest BCUT2D eigenvalue weighted by Gasteiger charge is 2.45. The molecule has 0 bridgehead atoms. The molecule has 1 aliphatic heterocycles. The van der Waals surface area contributed by atoms with E-state index in [1.165, 1.54) is 0 Å². The van der Waals surface area contributed by atoms with Gasteiger partial charge in [-0.3, -0.25) is 14.0 Å². The van der Waals surface area contributed by atoms with E-state index in [-0.39, 0.29) is 17.1 Å². The summed E-state index contributed by atoms with van der Waals surface area (Å²) in [5.41, 5.74) is 5.23. The number of nitrogens with zero attached hydrogens (tertiary/aromatic N) is 4. The van der Waals surface area contributed by atoms with Crippen LogP contribution in [0.25, 0.3) is 11.2 Å². The topological polar surface area (TPSA) is 189 Å². The van der Waals surface area contributed by atoms with Crippen molar-refractivity contribution in [2.24, 2.45) is 0 Å². The van der Waals surface area contributed by atoms with Crippen LogP contribution in [0.3, 0.4) is 0 Å². The largest absolute Gasteiger partial charge is 0.857 e. The van der Waals surface area contributed by atoms with E-state index >= 15 is 0 Å². The first-order valence-electron chi connectivity index (χ1n) is 6.53. The number of halogens is 1. The maximum Gasteiger partial charge on any atom is 0.510 e. The Labute approximate surface area is 133 Å². The number of hydrogen-bond acceptors (Lipinski definition) is 10. The lowest BCUT2D eigenvalue weighted by Gasteiger charge is -2.17. The van der Waals surface area contributed by atoms with E-state index in [2.05, 4.69) is 19.5 Å². The van der Waals surface area contributed by atoms with E-state index in [0.29, 0.717) is 0 Å². The fourth-order valence-electron chi connectivity index (χ4n) is 2.35. The van der Waals surface area contributed by atoms with Crippen molar-refractivity contribution in [3.63, 3.8) is 0 Å². The van der Waals surface area contributed by atoms with Crippen LogP contribution in [0.15, 0.2) is 6.33 Å². The van der Waals surface area contributed by atoms with E-state index < -0.39 is 44.9 Å². The molecule has 1 unspecified atom stereocenters. The molecule has 3 heterocycles. The molecule has 0 amide bonds. The zero-order valence-electron chi connectivity index (χ0n) is 11.8. The fraction of sp³-hybridized carbons (Fsp3) is 0.500. The Morgan fingerprint density at radius 1 is 1.46 bits per heavy atom. The SMILES string of the molecule is Nc1nc([O-])c2ncn([C@@H]3O[C@H](COP(=O)(O)F)[C@@H](O)[C@H]3O)c2n1. The number of fused-ring (bicyclic) bond motifs is 1. The van der Waals surface area contributed by atoms with Crippen LogP contribution in [0.2, 0.25) is 0 Å². The molecule has 2 aromatic heterocycles. The number of aliphatic hydroxyl groups is 2. The summed E-state index contributed by atoms with van der Waals surface area (Å²) in [6, 6.07) is 0. The lowest BCUT2D eigenvalue weighted by atomic mass is 10.1. The Hall–Kier alpha value is -1.89. The Bertz CT molecular complexity index is 812. The van der Waals surface area contributed by atoms with Crippen molar-refractivity contribution in [3.8, 4) is 5.88 Å². The minimum Gasteiger partial charge on any atom is -0.857 e. The minimum absolute atomic E-state index is 0.0383. The van der Waals surface area contributed by atoms with Crippen LogP contribution in [-0.2, 0) is 13.8 Å². The summed E-state index contributed by atoms with van der Waals surface area (Å²) >= 11 is 0. The van der Waals surface area contributed by atoms with Gasteiger partial charge in [0.2, 0.25) is 5.95 Å². The van der Waals surface area contributed by atoms with Crippen molar-refractivity contribution in [1.29, 1.82) is 0 Å². The molecule has 3 rings (SSSR count). The van der Waals surface area contributed by atoms with Crippen molar-refractivity contribution in [2.75, 3.05) is 12.3 Å². The summed E-state index contributed by atoms with van der Waals surface area (Å²) < 4.78 is 33.5. The van der Waals surface area contributed by atoms with E-state index in [0.717, 1.165) is 10.9 Å². The van der Waals surface area contributed by atoms with Gasteiger partial charge in [-0.1, -0.05) is 0 Å². The maximum atomic E-state index is 12.5. The summed E-state index contributed by atoms with van der Waals surface area (Å²) in [5.74, 6) is -1.05. The van der Waals surface area contributed by atoms with E-state index in [1.807, 2.05) is 0 Å². The van der Waals surface area contributed by atoms with Crippen molar-refractivity contribution in [1.82, 2.24) is 19.5 Å². The molecule has 0 saturated carbocycles. The van der Waals surface area contributed by atoms with Gasteiger partial charge in [-0.05, 0) is 0 Å². The molecule has 0 aromatic carbocycles. The number of aliphatic hydroxyl groups excluding tert-OH is 2. The first kappa shape index (κ1) is 17.0. The van der Waals surface area contributed by atoms with Gasteiger partial charge in [0, 0.05) is 5.88 Å². The molecule has 0 spiro atoms. The van der Waals surface area contributed by atoms with Crippen LogP contribution < -0.4 is 10.8 Å². The van der Waals surface area contributed by atoms with Gasteiger partial charge in [-0.15, -0.1) is 4.20 Å². The van der Waals surface area contributed by atoms with Crippen molar-refractivity contribution in [3.05, 3.63) is 6.33 Å². The minimum atomic E-state index is -5.27. The average Bonchev–Trinajstić information content (AvgIpc) is 3.00. The molecule has 14 heteroatoms. The molecule has 24 heavy (non-hydrogen) atoms. The lowest BCUT2D eigenvalue weighted by molar-refractivity contribution is -0.272. The van der Waals surface area contributed by atoms with Crippen molar-refractivity contribution < 1.29 is 38.2 Å². The molecular weight excluding hydrogens is 352 g/mol. The number of imidazole rings is 1. The van der Waals surface area contributed by atoms with Gasteiger partial charge in [-0.2, -0.15) is 4.98 Å². The molecule has 5 atom stereocenters. The number of nitrogen functional groups attached to an aromatic ring is 1. The molecule has 1 fully saturated rings. The van der Waals surface area contributed by atoms with Crippen LogP contribution >= 0.6 is 7.91 Å². The summed E-state index contributed by atoms with van der Waals surface area (Å²) in [4.78, 5) is 19.5. The molecule has 1 aliphatic rings. The average molecular weight is 364 g/mol. The molecule has 132 valence electrons. The van der Waals surface area contributed by atoms with Crippen molar-refractivity contribution >= 4 is 25.0 Å². The monoisotopic (exact) mass is 364 g/mol. The number of aromatic nitrogens is 4. The molecule has 1 saturated heterocycles. The van der Waals surface area contributed by atoms with Crippen LogP contribution in [0, 0.1) is 0 Å². The normalized spacial score (nSPS) is 29.8. The van der Waals surface area contributed by atoms with Gasteiger partial charge in [0.15, 0.2) is 11.9 Å². The summed E-state index contributed by atoms with van der Waals surface area (Å²) in [5, 5.41) is 31.6. The van der Waals surface area contributed by atoms with Crippen molar-refractivity contribution in [2.45, 2.75) is 24.5 Å². The van der Waals surface area contributed by atoms with Crippen LogP contribution in [0.5, 0.6) is 5.88 Å². The molecule has 12 nitrogen and oxygen atoms in total. The number of anilines is 1. The molecule has 0 radical (unpaired) electrons. The summed E-state index contributed by atoms with van der Waals surface area (Å²) in [6.07, 6.45) is -4.52. The molecular formula is C10H12FN5O7P-. The van der Waals surface area contributed by atoms with Gasteiger partial charge >= 0.3 is 7.91 Å². The second-order valence-electron chi connectivity index (χ2n) is 5.00. The lowest BCUT2D eigenvalue weighted by Crippen LogP contribution is -2.33. The predicted molar refractivity (Wildman–Crippen MR) is 72.0 cm³/mol. The number of nitrogens with two attached hydrogens (primary N) is 1. The van der Waals surface area contributed by atoms with E-state index in [1.54, 1.807) is 0 Å². The first-order chi connectivity index (χ1) is 11.2. The second-order valence-corrected chi connectivity index (χ2v) is 6.17. The second kappa shape index (κ2) is 5.88. The van der Waals surface area contributed by atoms with E-state index in [9.17, 15) is 24.1 Å². The first-order valence-corrected chi connectivity index (χ1v) is 8.00. The zero-order chi connectivity index (χ0) is 17.6. The van der Waals surface area contributed by atoms with Crippen LogP contribution in [0.1, 0.15) is 6.23 Å². The van der Waals surface area contributed by atoms with Crippen LogP contribution in [-0.4, -0.2) is 59.5 Å². The molecule has 5 N–H and O–H groups in total. The quantitative estimate of drug-likeness (QED) is 0.447. The van der Waals surface area contributed by atoms with Gasteiger partial charge in [0.1, 0.15) is 23.8 Å². The Morgan fingerprint density at radius 2 is 2.17 bits per heavy atom. The Morgan fingerprint density at radius 3 is 2.83 bits per heavy atom. The Kier molecular flexibility index (Phi) is 4.15. The van der Waals surface area contributed by atoms with Gasteiger partial charge < -0.3 is 25.8 Å². The summed E-state index contributed by atoms with van der Waals surface area (Å²) in [7, 11) is -5.27. The molecule has 2 aromatic rings. The van der Waals surface area contributed by atoms with Crippen LogP contribution in [0.4, 0.5) is 10.1 Å². The number of ether oxygens (including phenoxy) is 1. The number of hydrogen-bond donors (Lipinski definition) is 4. The highest BCUT2D eigenvalue weighted by atomic mass is 31.2. The summed E-state index contributed by atoms with van der Waals surface area (Å²) in [6.45, 7) is -0.782. The number of rotatable bonds is 4.